The molecule has 1 heterocycles. The summed E-state index contributed by atoms with van der Waals surface area (Å²) >= 11 is 0. The third-order valence-electron chi connectivity index (χ3n) is 2.54. The van der Waals surface area contributed by atoms with Gasteiger partial charge < -0.3 is 9.47 Å². The minimum atomic E-state index is -0.556. The molecule has 2 rings (SSSR count). The van der Waals surface area contributed by atoms with Gasteiger partial charge in [0.2, 0.25) is 0 Å². The number of esters is 2. The number of carbonyl (C=O) groups excluding carboxylic acids is 2. The molecule has 0 aromatic heterocycles. The molecule has 4 heteroatoms. The van der Waals surface area contributed by atoms with Gasteiger partial charge in [0.1, 0.15) is 5.76 Å². The Balaban J connectivity index is 2.31. The Hall–Kier alpha value is -2.36. The van der Waals surface area contributed by atoms with Crippen LogP contribution in [0.3, 0.4) is 0 Å². The molecule has 0 N–H and O–H groups in total. The molecule has 1 aliphatic rings. The molecule has 0 spiro atoms. The van der Waals surface area contributed by atoms with E-state index in [1.54, 1.807) is 0 Å². The Morgan fingerprint density at radius 1 is 1.28 bits per heavy atom. The van der Waals surface area contributed by atoms with E-state index >= 15 is 0 Å². The Morgan fingerprint density at radius 3 is 2.56 bits per heavy atom. The maximum atomic E-state index is 11.7. The summed E-state index contributed by atoms with van der Waals surface area (Å²) in [6.07, 6.45) is 2.67. The van der Waals surface area contributed by atoms with Crippen LogP contribution in [0.25, 0.3) is 5.57 Å². The van der Waals surface area contributed by atoms with Crippen molar-refractivity contribution in [2.75, 3.05) is 7.11 Å². The average Bonchev–Trinajstić information content (AvgIpc) is 2.71. The number of methoxy groups -OCH3 is 1. The van der Waals surface area contributed by atoms with E-state index in [2.05, 4.69) is 4.74 Å². The van der Waals surface area contributed by atoms with Crippen LogP contribution < -0.4 is 0 Å². The number of ether oxygens (including phenoxy) is 2. The van der Waals surface area contributed by atoms with Crippen LogP contribution >= 0.6 is 0 Å². The second kappa shape index (κ2) is 4.87. The van der Waals surface area contributed by atoms with Crippen molar-refractivity contribution in [2.45, 2.75) is 6.92 Å². The zero-order chi connectivity index (χ0) is 13.1. The van der Waals surface area contributed by atoms with Crippen molar-refractivity contribution in [3.05, 3.63) is 53.3 Å². The Morgan fingerprint density at radius 2 is 1.94 bits per heavy atom. The van der Waals surface area contributed by atoms with Gasteiger partial charge in [-0.3, -0.25) is 0 Å². The molecule has 0 saturated carbocycles. The molecule has 0 saturated heterocycles. The van der Waals surface area contributed by atoms with Gasteiger partial charge in [-0.15, -0.1) is 0 Å². The normalized spacial score (nSPS) is 16.4. The van der Waals surface area contributed by atoms with E-state index in [0.717, 1.165) is 17.2 Å². The molecule has 0 fully saturated rings. The zero-order valence-corrected chi connectivity index (χ0v) is 10.1. The molecule has 0 bridgehead atoms. The number of hydrogen-bond acceptors (Lipinski definition) is 4. The highest BCUT2D eigenvalue weighted by Crippen LogP contribution is 2.26. The van der Waals surface area contributed by atoms with Crippen LogP contribution in [0.5, 0.6) is 0 Å². The number of carbonyl (C=O) groups is 2. The Labute approximate surface area is 105 Å². The fourth-order valence-electron chi connectivity index (χ4n) is 1.57. The first-order chi connectivity index (χ1) is 8.60. The SMILES string of the molecule is COC(=O)/C=C1\C=C(c2ccc(C)cc2)C(=O)O1. The van der Waals surface area contributed by atoms with Gasteiger partial charge in [-0.05, 0) is 18.6 Å². The van der Waals surface area contributed by atoms with Crippen molar-refractivity contribution in [2.24, 2.45) is 0 Å². The fourth-order valence-corrected chi connectivity index (χ4v) is 1.57. The predicted octanol–water partition coefficient (Wildman–Crippen LogP) is 1.99. The van der Waals surface area contributed by atoms with Gasteiger partial charge in [-0.25, -0.2) is 9.59 Å². The smallest absolute Gasteiger partial charge is 0.344 e. The molecule has 0 amide bonds. The van der Waals surface area contributed by atoms with Crippen LogP contribution in [0.2, 0.25) is 0 Å². The third-order valence-corrected chi connectivity index (χ3v) is 2.54. The number of benzene rings is 1. The number of cyclic esters (lactones) is 1. The van der Waals surface area contributed by atoms with Gasteiger partial charge in [-0.1, -0.05) is 29.8 Å². The standard InChI is InChI=1S/C14H12O4/c1-9-3-5-10(6-4-9)12-7-11(18-14(12)16)8-13(15)17-2/h3-8H,1-2H3/b11-8+. The summed E-state index contributed by atoms with van der Waals surface area (Å²) in [4.78, 5) is 22.7. The summed E-state index contributed by atoms with van der Waals surface area (Å²) in [5, 5.41) is 0. The van der Waals surface area contributed by atoms with Crippen molar-refractivity contribution >= 4 is 17.5 Å². The topological polar surface area (TPSA) is 52.6 Å². The largest absolute Gasteiger partial charge is 0.466 e. The first-order valence-electron chi connectivity index (χ1n) is 5.40. The molecule has 1 aliphatic heterocycles. The number of hydrogen-bond donors (Lipinski definition) is 0. The summed E-state index contributed by atoms with van der Waals surface area (Å²) in [5.74, 6) is -0.823. The van der Waals surface area contributed by atoms with Crippen LogP contribution in [0.15, 0.2) is 42.2 Å². The third kappa shape index (κ3) is 2.48. The number of allylic oxidation sites excluding steroid dienone is 1. The summed E-state index contributed by atoms with van der Waals surface area (Å²) < 4.78 is 9.43. The summed E-state index contributed by atoms with van der Waals surface area (Å²) in [7, 11) is 1.26. The Bertz CT molecular complexity index is 550. The molecule has 0 unspecified atom stereocenters. The summed E-state index contributed by atoms with van der Waals surface area (Å²) in [5.41, 5.74) is 2.31. The minimum Gasteiger partial charge on any atom is -0.466 e. The molecule has 4 nitrogen and oxygen atoms in total. The molecule has 0 radical (unpaired) electrons. The molecule has 0 atom stereocenters. The van der Waals surface area contributed by atoms with E-state index in [1.165, 1.54) is 13.2 Å². The fraction of sp³-hybridized carbons (Fsp3) is 0.143. The van der Waals surface area contributed by atoms with Gasteiger partial charge in [0.25, 0.3) is 0 Å². The quantitative estimate of drug-likeness (QED) is 0.589. The average molecular weight is 244 g/mol. The van der Waals surface area contributed by atoms with Crippen LogP contribution in [0.1, 0.15) is 11.1 Å². The van der Waals surface area contributed by atoms with Crippen molar-refractivity contribution < 1.29 is 19.1 Å². The van der Waals surface area contributed by atoms with E-state index in [-0.39, 0.29) is 5.76 Å². The van der Waals surface area contributed by atoms with Crippen molar-refractivity contribution in [1.82, 2.24) is 0 Å². The molecule has 18 heavy (non-hydrogen) atoms. The van der Waals surface area contributed by atoms with E-state index in [1.807, 2.05) is 31.2 Å². The minimum absolute atomic E-state index is 0.197. The van der Waals surface area contributed by atoms with Crippen molar-refractivity contribution in [3.8, 4) is 0 Å². The van der Waals surface area contributed by atoms with Gasteiger partial charge in [0.05, 0.1) is 18.8 Å². The zero-order valence-electron chi connectivity index (χ0n) is 10.1. The lowest BCUT2D eigenvalue weighted by Crippen LogP contribution is -2.00. The lowest BCUT2D eigenvalue weighted by Gasteiger charge is -1.99. The van der Waals surface area contributed by atoms with E-state index in [0.29, 0.717) is 5.57 Å². The lowest BCUT2D eigenvalue weighted by molar-refractivity contribution is -0.135. The van der Waals surface area contributed by atoms with Crippen LogP contribution in [0.4, 0.5) is 0 Å². The first-order valence-corrected chi connectivity index (χ1v) is 5.40. The maximum Gasteiger partial charge on any atom is 0.344 e. The van der Waals surface area contributed by atoms with Crippen LogP contribution in [-0.2, 0) is 19.1 Å². The van der Waals surface area contributed by atoms with E-state index in [4.69, 9.17) is 4.74 Å². The second-order valence-electron chi connectivity index (χ2n) is 3.88. The molecule has 92 valence electrons. The lowest BCUT2D eigenvalue weighted by atomic mass is 10.0. The predicted molar refractivity (Wildman–Crippen MR) is 65.3 cm³/mol. The van der Waals surface area contributed by atoms with Gasteiger partial charge in [0, 0.05) is 0 Å². The van der Waals surface area contributed by atoms with Gasteiger partial charge >= 0.3 is 11.9 Å². The highest BCUT2D eigenvalue weighted by molar-refractivity contribution is 6.19. The van der Waals surface area contributed by atoms with Gasteiger partial charge in [-0.2, -0.15) is 0 Å². The first kappa shape index (κ1) is 12.1. The highest BCUT2D eigenvalue weighted by atomic mass is 16.5. The molecule has 1 aromatic rings. The van der Waals surface area contributed by atoms with Gasteiger partial charge in [0.15, 0.2) is 0 Å². The van der Waals surface area contributed by atoms with Crippen LogP contribution in [-0.4, -0.2) is 19.0 Å². The monoisotopic (exact) mass is 244 g/mol. The Kier molecular flexibility index (Phi) is 3.28. The molecular formula is C14H12O4. The van der Waals surface area contributed by atoms with E-state index in [9.17, 15) is 9.59 Å². The number of rotatable bonds is 2. The van der Waals surface area contributed by atoms with E-state index < -0.39 is 11.9 Å². The van der Waals surface area contributed by atoms with Crippen LogP contribution in [0, 0.1) is 6.92 Å². The maximum absolute atomic E-state index is 11.7. The summed E-state index contributed by atoms with van der Waals surface area (Å²) in [6, 6.07) is 7.49. The molecular weight excluding hydrogens is 232 g/mol. The van der Waals surface area contributed by atoms with Crippen molar-refractivity contribution in [3.63, 3.8) is 0 Å². The summed E-state index contributed by atoms with van der Waals surface area (Å²) in [6.45, 7) is 1.97. The number of aryl methyl sites for hydroxylation is 1. The van der Waals surface area contributed by atoms with Crippen molar-refractivity contribution in [1.29, 1.82) is 0 Å². The second-order valence-corrected chi connectivity index (χ2v) is 3.88. The molecule has 1 aromatic carbocycles. The molecule has 0 aliphatic carbocycles. The highest BCUT2D eigenvalue weighted by Gasteiger charge is 2.23.